The molecule has 0 aromatic heterocycles. The predicted octanol–water partition coefficient (Wildman–Crippen LogP) is 2.25. The molecule has 0 spiro atoms. The maximum Gasteiger partial charge on any atom is 0.203 e. The molecule has 2 aromatic rings. The molecule has 3 atom stereocenters. The van der Waals surface area contributed by atoms with Crippen LogP contribution in [-0.4, -0.2) is 44.8 Å². The van der Waals surface area contributed by atoms with Crippen LogP contribution < -0.4 is 23.7 Å². The van der Waals surface area contributed by atoms with Crippen molar-refractivity contribution in [2.75, 3.05) is 28.4 Å². The number of rotatable bonds is 5. The highest BCUT2D eigenvalue weighted by molar-refractivity contribution is 5.58. The largest absolute Gasteiger partial charge is 0.493 e. The molecule has 0 fully saturated rings. The Morgan fingerprint density at radius 3 is 2.08 bits per heavy atom. The summed E-state index contributed by atoms with van der Waals surface area (Å²) in [5.41, 5.74) is 1.07. The molecule has 2 aromatic carbocycles. The molecule has 7 nitrogen and oxygen atoms in total. The van der Waals surface area contributed by atoms with Crippen LogP contribution in [0.15, 0.2) is 30.3 Å². The van der Waals surface area contributed by atoms with E-state index in [1.54, 1.807) is 37.4 Å². The van der Waals surface area contributed by atoms with E-state index in [-0.39, 0.29) is 0 Å². The topological polar surface area (TPSA) is 86.6 Å². The van der Waals surface area contributed by atoms with Gasteiger partial charge in [-0.2, -0.15) is 0 Å². The van der Waals surface area contributed by atoms with Crippen LogP contribution in [-0.2, 0) is 0 Å². The molecule has 0 aliphatic carbocycles. The Bertz CT molecular complexity index is 790. The normalized spacial score (nSPS) is 21.4. The Morgan fingerprint density at radius 2 is 1.46 bits per heavy atom. The second kappa shape index (κ2) is 7.31. The van der Waals surface area contributed by atoms with Gasteiger partial charge in [0.05, 0.1) is 28.4 Å². The van der Waals surface area contributed by atoms with E-state index in [0.29, 0.717) is 39.9 Å². The molecule has 0 saturated heterocycles. The van der Waals surface area contributed by atoms with Crippen molar-refractivity contribution in [2.24, 2.45) is 0 Å². The van der Waals surface area contributed by atoms with Crippen LogP contribution in [0.5, 0.6) is 28.7 Å². The molecule has 0 radical (unpaired) electrons. The zero-order valence-corrected chi connectivity index (χ0v) is 15.1. The maximum absolute atomic E-state index is 10.6. The molecule has 0 unspecified atom stereocenters. The molecule has 26 heavy (non-hydrogen) atoms. The fourth-order valence-electron chi connectivity index (χ4n) is 3.11. The average Bonchev–Trinajstić information content (AvgIpc) is 2.68. The van der Waals surface area contributed by atoms with E-state index in [1.165, 1.54) is 21.3 Å². The highest BCUT2D eigenvalue weighted by Crippen LogP contribution is 2.50. The minimum atomic E-state index is -1.17. The Kier molecular flexibility index (Phi) is 5.11. The van der Waals surface area contributed by atoms with Crippen molar-refractivity contribution in [1.82, 2.24) is 0 Å². The summed E-state index contributed by atoms with van der Waals surface area (Å²) in [6.45, 7) is 0. The van der Waals surface area contributed by atoms with Gasteiger partial charge in [0.1, 0.15) is 12.2 Å². The fraction of sp³-hybridized carbons (Fsp3) is 0.368. The van der Waals surface area contributed by atoms with Gasteiger partial charge in [0.15, 0.2) is 29.1 Å². The quantitative estimate of drug-likeness (QED) is 0.844. The van der Waals surface area contributed by atoms with Gasteiger partial charge in [-0.3, -0.25) is 0 Å². The third kappa shape index (κ3) is 2.89. The number of ether oxygens (including phenoxy) is 5. The van der Waals surface area contributed by atoms with Gasteiger partial charge in [0.2, 0.25) is 5.75 Å². The molecule has 0 saturated carbocycles. The number of benzene rings is 2. The Morgan fingerprint density at radius 1 is 0.808 bits per heavy atom. The molecular weight excluding hydrogens is 340 g/mol. The fourth-order valence-corrected chi connectivity index (χ4v) is 3.11. The van der Waals surface area contributed by atoms with E-state index in [2.05, 4.69) is 0 Å². The summed E-state index contributed by atoms with van der Waals surface area (Å²) in [5, 5.41) is 21.2. The lowest BCUT2D eigenvalue weighted by Gasteiger charge is -2.35. The standard InChI is InChI=1S/C19H22O7/c1-22-12-7-5-10(9-14(12)24-3)17-16(21)15(20)11-6-8-13(23-2)19(25-4)18(11)26-17/h5-9,15-17,20-21H,1-4H3/t15-,16+,17-/m1/s1. The van der Waals surface area contributed by atoms with Crippen molar-refractivity contribution >= 4 is 0 Å². The van der Waals surface area contributed by atoms with Crippen LogP contribution in [0.25, 0.3) is 0 Å². The molecular formula is C19H22O7. The highest BCUT2D eigenvalue weighted by atomic mass is 16.5. The summed E-state index contributed by atoms with van der Waals surface area (Å²) in [4.78, 5) is 0. The number of fused-ring (bicyclic) bond motifs is 1. The minimum absolute atomic E-state index is 0.337. The Labute approximate surface area is 151 Å². The van der Waals surface area contributed by atoms with E-state index in [9.17, 15) is 10.2 Å². The number of hydrogen-bond donors (Lipinski definition) is 2. The number of aliphatic hydroxyl groups is 2. The third-order valence-corrected chi connectivity index (χ3v) is 4.46. The molecule has 7 heteroatoms. The lowest BCUT2D eigenvalue weighted by Crippen LogP contribution is -2.34. The lowest BCUT2D eigenvalue weighted by atomic mass is 9.91. The van der Waals surface area contributed by atoms with Gasteiger partial charge in [0.25, 0.3) is 0 Å². The van der Waals surface area contributed by atoms with E-state index in [4.69, 9.17) is 23.7 Å². The number of methoxy groups -OCH3 is 4. The monoisotopic (exact) mass is 362 g/mol. The molecule has 0 amide bonds. The smallest absolute Gasteiger partial charge is 0.203 e. The van der Waals surface area contributed by atoms with Crippen LogP contribution in [0.4, 0.5) is 0 Å². The van der Waals surface area contributed by atoms with Crippen molar-refractivity contribution in [2.45, 2.75) is 18.3 Å². The van der Waals surface area contributed by atoms with Gasteiger partial charge in [-0.15, -0.1) is 0 Å². The molecule has 1 aliphatic heterocycles. The molecule has 1 heterocycles. The first-order valence-corrected chi connectivity index (χ1v) is 8.05. The third-order valence-electron chi connectivity index (χ3n) is 4.46. The molecule has 1 aliphatic rings. The highest BCUT2D eigenvalue weighted by Gasteiger charge is 2.39. The Balaban J connectivity index is 2.07. The van der Waals surface area contributed by atoms with Crippen LogP contribution in [0.2, 0.25) is 0 Å². The minimum Gasteiger partial charge on any atom is -0.493 e. The second-order valence-corrected chi connectivity index (χ2v) is 5.81. The number of aliphatic hydroxyl groups excluding tert-OH is 2. The number of hydrogen-bond acceptors (Lipinski definition) is 7. The Hall–Kier alpha value is -2.64. The van der Waals surface area contributed by atoms with Crippen molar-refractivity contribution < 1.29 is 33.9 Å². The van der Waals surface area contributed by atoms with E-state index in [0.717, 1.165) is 0 Å². The van der Waals surface area contributed by atoms with Gasteiger partial charge in [0, 0.05) is 5.56 Å². The second-order valence-electron chi connectivity index (χ2n) is 5.81. The van der Waals surface area contributed by atoms with E-state index >= 15 is 0 Å². The van der Waals surface area contributed by atoms with E-state index in [1.807, 2.05) is 0 Å². The van der Waals surface area contributed by atoms with Gasteiger partial charge in [-0.1, -0.05) is 6.07 Å². The van der Waals surface area contributed by atoms with Crippen molar-refractivity contribution in [3.63, 3.8) is 0 Å². The van der Waals surface area contributed by atoms with Crippen molar-refractivity contribution in [3.8, 4) is 28.7 Å². The van der Waals surface area contributed by atoms with Crippen LogP contribution in [0.1, 0.15) is 23.3 Å². The zero-order chi connectivity index (χ0) is 18.8. The van der Waals surface area contributed by atoms with Crippen molar-refractivity contribution in [1.29, 1.82) is 0 Å². The summed E-state index contributed by atoms with van der Waals surface area (Å²) in [6, 6.07) is 8.48. The molecule has 140 valence electrons. The summed E-state index contributed by atoms with van der Waals surface area (Å²) >= 11 is 0. The van der Waals surface area contributed by atoms with Crippen LogP contribution in [0.3, 0.4) is 0 Å². The van der Waals surface area contributed by atoms with Gasteiger partial charge < -0.3 is 33.9 Å². The molecule has 0 bridgehead atoms. The molecule has 2 N–H and O–H groups in total. The maximum atomic E-state index is 10.6. The SMILES string of the molecule is COc1ccc([C@H]2Oc3c(ccc(OC)c3OC)[C@@H](O)[C@@H]2O)cc1OC. The van der Waals surface area contributed by atoms with Crippen LogP contribution >= 0.6 is 0 Å². The predicted molar refractivity (Wildman–Crippen MR) is 93.4 cm³/mol. The summed E-state index contributed by atoms with van der Waals surface area (Å²) in [5.74, 6) is 2.23. The molecule has 3 rings (SSSR count). The first kappa shape index (κ1) is 18.2. The van der Waals surface area contributed by atoms with Crippen LogP contribution in [0, 0.1) is 0 Å². The average molecular weight is 362 g/mol. The van der Waals surface area contributed by atoms with E-state index < -0.39 is 18.3 Å². The van der Waals surface area contributed by atoms with Gasteiger partial charge in [-0.05, 0) is 29.8 Å². The van der Waals surface area contributed by atoms with Gasteiger partial charge >= 0.3 is 0 Å². The summed E-state index contributed by atoms with van der Waals surface area (Å²) in [7, 11) is 6.08. The summed E-state index contributed by atoms with van der Waals surface area (Å²) in [6.07, 6.45) is -3.13. The van der Waals surface area contributed by atoms with Gasteiger partial charge in [-0.25, -0.2) is 0 Å². The zero-order valence-electron chi connectivity index (χ0n) is 15.1. The lowest BCUT2D eigenvalue weighted by molar-refractivity contribution is -0.0710. The summed E-state index contributed by atoms with van der Waals surface area (Å²) < 4.78 is 27.3. The van der Waals surface area contributed by atoms with Crippen molar-refractivity contribution in [3.05, 3.63) is 41.5 Å². The first-order valence-electron chi connectivity index (χ1n) is 8.05. The first-order chi connectivity index (χ1) is 12.5.